The molecule has 0 heterocycles. The van der Waals surface area contributed by atoms with Crippen molar-refractivity contribution in [3.05, 3.63) is 52.8 Å². The van der Waals surface area contributed by atoms with E-state index in [0.717, 1.165) is 0 Å². The van der Waals surface area contributed by atoms with Gasteiger partial charge in [-0.15, -0.1) is 0 Å². The highest BCUT2D eigenvalue weighted by molar-refractivity contribution is 6.35. The lowest BCUT2D eigenvalue weighted by Crippen LogP contribution is -1.97. The maximum atomic E-state index is 14.0. The molecule has 0 unspecified atom stereocenters. The molecule has 0 aliphatic heterocycles. The molecule has 2 aromatic carbocycles. The van der Waals surface area contributed by atoms with E-state index in [4.69, 9.17) is 16.3 Å². The van der Waals surface area contributed by atoms with E-state index >= 15 is 0 Å². The van der Waals surface area contributed by atoms with Crippen LogP contribution in [-0.2, 0) is 0 Å². The zero-order valence-electron chi connectivity index (χ0n) is 10.3. The Bertz CT molecular complexity index is 611. The molecule has 0 atom stereocenters. The molecule has 0 amide bonds. The highest BCUT2D eigenvalue weighted by atomic mass is 35.5. The van der Waals surface area contributed by atoms with Crippen LogP contribution >= 0.6 is 11.6 Å². The molecular formula is C15H12ClFO2. The Labute approximate surface area is 115 Å². The maximum Gasteiger partial charge on any atom is 0.150 e. The van der Waals surface area contributed by atoms with Crippen LogP contribution in [0.1, 0.15) is 17.3 Å². The van der Waals surface area contributed by atoms with Crippen molar-refractivity contribution >= 4 is 17.9 Å². The standard InChI is InChI=1S/C15H12ClFO2/c1-2-19-13-8-7-12(17)14(15(13)16)11-6-4-3-5-10(11)9-18/h3-9H,2H2,1H3. The van der Waals surface area contributed by atoms with Crippen molar-refractivity contribution in [1.82, 2.24) is 0 Å². The summed E-state index contributed by atoms with van der Waals surface area (Å²) in [5.41, 5.74) is 1.04. The number of rotatable bonds is 4. The molecule has 0 radical (unpaired) electrons. The van der Waals surface area contributed by atoms with Crippen molar-refractivity contribution in [2.24, 2.45) is 0 Å². The predicted molar refractivity (Wildman–Crippen MR) is 73.4 cm³/mol. The van der Waals surface area contributed by atoms with E-state index < -0.39 is 5.82 Å². The van der Waals surface area contributed by atoms with Crippen LogP contribution in [0.2, 0.25) is 5.02 Å². The van der Waals surface area contributed by atoms with Crippen LogP contribution in [0.25, 0.3) is 11.1 Å². The second kappa shape index (κ2) is 5.85. The molecule has 2 nitrogen and oxygen atoms in total. The average Bonchev–Trinajstić information content (AvgIpc) is 2.43. The second-order valence-corrected chi connectivity index (χ2v) is 4.25. The van der Waals surface area contributed by atoms with Crippen molar-refractivity contribution in [2.45, 2.75) is 6.92 Å². The SMILES string of the molecule is CCOc1ccc(F)c(-c2ccccc2C=O)c1Cl. The number of aldehydes is 1. The van der Waals surface area contributed by atoms with Gasteiger partial charge in [0, 0.05) is 11.1 Å². The summed E-state index contributed by atoms with van der Waals surface area (Å²) in [5.74, 6) is -0.0796. The quantitative estimate of drug-likeness (QED) is 0.777. The first-order valence-corrected chi connectivity index (χ1v) is 6.22. The summed E-state index contributed by atoms with van der Waals surface area (Å²) in [5, 5.41) is 0.177. The monoisotopic (exact) mass is 278 g/mol. The van der Waals surface area contributed by atoms with Crippen LogP contribution < -0.4 is 4.74 Å². The first kappa shape index (κ1) is 13.6. The fourth-order valence-corrected chi connectivity index (χ4v) is 2.18. The summed E-state index contributed by atoms with van der Waals surface area (Å²) in [7, 11) is 0. The number of halogens is 2. The molecule has 0 saturated carbocycles. The van der Waals surface area contributed by atoms with Gasteiger partial charge in [-0.2, -0.15) is 0 Å². The van der Waals surface area contributed by atoms with Gasteiger partial charge in [-0.05, 0) is 24.6 Å². The van der Waals surface area contributed by atoms with E-state index in [9.17, 15) is 9.18 Å². The summed E-state index contributed by atoms with van der Waals surface area (Å²) in [4.78, 5) is 11.0. The van der Waals surface area contributed by atoms with Crippen molar-refractivity contribution in [1.29, 1.82) is 0 Å². The number of carbonyl (C=O) groups is 1. The number of ether oxygens (including phenoxy) is 1. The molecule has 0 aliphatic carbocycles. The van der Waals surface area contributed by atoms with Gasteiger partial charge in [0.25, 0.3) is 0 Å². The van der Waals surface area contributed by atoms with Gasteiger partial charge in [-0.3, -0.25) is 4.79 Å². The summed E-state index contributed by atoms with van der Waals surface area (Å²) in [6, 6.07) is 9.48. The van der Waals surface area contributed by atoms with Crippen LogP contribution in [0.4, 0.5) is 4.39 Å². The van der Waals surface area contributed by atoms with Crippen LogP contribution in [0, 0.1) is 5.82 Å². The van der Waals surface area contributed by atoms with Crippen molar-refractivity contribution in [3.63, 3.8) is 0 Å². The molecule has 0 spiro atoms. The van der Waals surface area contributed by atoms with Gasteiger partial charge in [0.1, 0.15) is 11.6 Å². The molecule has 98 valence electrons. The van der Waals surface area contributed by atoms with Gasteiger partial charge in [0.15, 0.2) is 6.29 Å². The highest BCUT2D eigenvalue weighted by Gasteiger charge is 2.17. The normalized spacial score (nSPS) is 10.3. The molecule has 0 aliphatic rings. The van der Waals surface area contributed by atoms with Crippen LogP contribution in [0.15, 0.2) is 36.4 Å². The fraction of sp³-hybridized carbons (Fsp3) is 0.133. The van der Waals surface area contributed by atoms with E-state index in [2.05, 4.69) is 0 Å². The number of carbonyl (C=O) groups excluding carboxylic acids is 1. The topological polar surface area (TPSA) is 26.3 Å². The smallest absolute Gasteiger partial charge is 0.150 e. The Morgan fingerprint density at radius 2 is 2.00 bits per heavy atom. The summed E-state index contributed by atoms with van der Waals surface area (Å²) >= 11 is 6.18. The van der Waals surface area contributed by atoms with E-state index in [0.29, 0.717) is 29.8 Å². The summed E-state index contributed by atoms with van der Waals surface area (Å²) in [6.07, 6.45) is 0.679. The third-order valence-corrected chi connectivity index (χ3v) is 3.09. The summed E-state index contributed by atoms with van der Waals surface area (Å²) < 4.78 is 19.4. The van der Waals surface area contributed by atoms with Gasteiger partial charge in [0.05, 0.1) is 11.6 Å². The van der Waals surface area contributed by atoms with Crippen molar-refractivity contribution in [2.75, 3.05) is 6.61 Å². The van der Waals surface area contributed by atoms with Gasteiger partial charge in [-0.25, -0.2) is 4.39 Å². The minimum atomic E-state index is -0.484. The van der Waals surface area contributed by atoms with E-state index in [1.165, 1.54) is 12.1 Å². The second-order valence-electron chi connectivity index (χ2n) is 3.87. The Kier molecular flexibility index (Phi) is 4.17. The maximum absolute atomic E-state index is 14.0. The molecule has 0 bridgehead atoms. The molecule has 19 heavy (non-hydrogen) atoms. The number of hydrogen-bond donors (Lipinski definition) is 0. The third-order valence-electron chi connectivity index (χ3n) is 2.71. The zero-order valence-corrected chi connectivity index (χ0v) is 11.1. The van der Waals surface area contributed by atoms with Gasteiger partial charge < -0.3 is 4.74 Å². The van der Waals surface area contributed by atoms with Gasteiger partial charge in [0.2, 0.25) is 0 Å². The Balaban J connectivity index is 2.67. The molecular weight excluding hydrogens is 267 g/mol. The molecule has 0 fully saturated rings. The van der Waals surface area contributed by atoms with Crippen LogP contribution in [0.3, 0.4) is 0 Å². The lowest BCUT2D eigenvalue weighted by molar-refractivity contribution is 0.112. The van der Waals surface area contributed by atoms with E-state index in [1.54, 1.807) is 24.3 Å². The largest absolute Gasteiger partial charge is 0.492 e. The lowest BCUT2D eigenvalue weighted by Gasteiger charge is -2.12. The van der Waals surface area contributed by atoms with E-state index in [-0.39, 0.29) is 10.6 Å². The highest BCUT2D eigenvalue weighted by Crippen LogP contribution is 2.38. The first-order chi connectivity index (χ1) is 9.19. The Morgan fingerprint density at radius 3 is 2.68 bits per heavy atom. The van der Waals surface area contributed by atoms with Crippen molar-refractivity contribution < 1.29 is 13.9 Å². The first-order valence-electron chi connectivity index (χ1n) is 5.84. The lowest BCUT2D eigenvalue weighted by atomic mass is 9.99. The molecule has 4 heteroatoms. The van der Waals surface area contributed by atoms with Crippen LogP contribution in [-0.4, -0.2) is 12.9 Å². The van der Waals surface area contributed by atoms with Gasteiger partial charge in [-0.1, -0.05) is 35.9 Å². The third kappa shape index (κ3) is 2.61. The Morgan fingerprint density at radius 1 is 1.26 bits per heavy atom. The molecule has 0 aromatic heterocycles. The van der Waals surface area contributed by atoms with E-state index in [1.807, 2.05) is 6.92 Å². The fourth-order valence-electron chi connectivity index (χ4n) is 1.87. The van der Waals surface area contributed by atoms with Gasteiger partial charge >= 0.3 is 0 Å². The predicted octanol–water partition coefficient (Wildman–Crippen LogP) is 4.36. The molecule has 0 saturated heterocycles. The minimum Gasteiger partial charge on any atom is -0.492 e. The number of benzene rings is 2. The Hall–Kier alpha value is -1.87. The minimum absolute atomic E-state index is 0.177. The zero-order chi connectivity index (χ0) is 13.8. The van der Waals surface area contributed by atoms with Crippen molar-refractivity contribution in [3.8, 4) is 16.9 Å². The summed E-state index contributed by atoms with van der Waals surface area (Å²) in [6.45, 7) is 2.25. The molecule has 2 aromatic rings. The van der Waals surface area contributed by atoms with Crippen LogP contribution in [0.5, 0.6) is 5.75 Å². The molecule has 2 rings (SSSR count). The molecule has 0 N–H and O–H groups in total. The average molecular weight is 279 g/mol. The number of hydrogen-bond acceptors (Lipinski definition) is 2.